The fourth-order valence-electron chi connectivity index (χ4n) is 3.19. The molecule has 0 fully saturated rings. The van der Waals surface area contributed by atoms with Crippen LogP contribution >= 0.6 is 12.2 Å². The average molecular weight is 420 g/mol. The molecule has 0 aliphatic rings. The number of nitrogens with zero attached hydrogens (tertiary/aromatic N) is 3. The topological polar surface area (TPSA) is 66.0 Å². The number of pyridine rings is 1. The highest BCUT2D eigenvalue weighted by Crippen LogP contribution is 2.21. The van der Waals surface area contributed by atoms with Crippen LogP contribution in [0.3, 0.4) is 0 Å². The van der Waals surface area contributed by atoms with Crippen molar-refractivity contribution in [2.45, 2.75) is 20.3 Å². The Morgan fingerprint density at radius 3 is 2.52 bits per heavy atom. The monoisotopic (exact) mass is 419 g/mol. The van der Waals surface area contributed by atoms with E-state index in [4.69, 9.17) is 12.2 Å². The van der Waals surface area contributed by atoms with Crippen molar-refractivity contribution in [3.8, 4) is 5.69 Å². The summed E-state index contributed by atoms with van der Waals surface area (Å²) in [6, 6.07) is 6.17. The summed E-state index contributed by atoms with van der Waals surface area (Å²) in [4.78, 5) is 22.1. The number of aromatic nitrogens is 3. The number of anilines is 1. The minimum atomic E-state index is -0.843. The first-order valence-electron chi connectivity index (χ1n) is 9.53. The van der Waals surface area contributed by atoms with Gasteiger partial charge in [-0.1, -0.05) is 32.1 Å². The van der Waals surface area contributed by atoms with Crippen LogP contribution in [0.1, 0.15) is 20.3 Å². The van der Waals surface area contributed by atoms with E-state index in [1.807, 2.05) is 0 Å². The van der Waals surface area contributed by atoms with Gasteiger partial charge in [0.2, 0.25) is 5.95 Å². The highest BCUT2D eigenvalue weighted by atomic mass is 32.1. The molecule has 3 rings (SSSR count). The van der Waals surface area contributed by atoms with Crippen molar-refractivity contribution in [3.63, 3.8) is 0 Å². The van der Waals surface area contributed by atoms with Crippen molar-refractivity contribution < 1.29 is 8.78 Å². The zero-order valence-electron chi connectivity index (χ0n) is 16.3. The first-order valence-corrected chi connectivity index (χ1v) is 9.93. The first kappa shape index (κ1) is 21.1. The van der Waals surface area contributed by atoms with Crippen LogP contribution in [0.4, 0.5) is 14.7 Å². The Morgan fingerprint density at radius 1 is 1.17 bits per heavy atom. The lowest BCUT2D eigenvalue weighted by atomic mass is 10.2. The summed E-state index contributed by atoms with van der Waals surface area (Å²) in [5.74, 6) is -1.34. The standard InChI is InChI=1S/C20H23F2N5OS/c1-3-26(4-2)12-6-11-23-20-24-18-13(19(29)25-20)9-10-16(28)27(18)17-14(21)7-5-8-15(17)22/h5,7-10H,3-4,6,11-12H2,1-2H3,(H2,23,24,25,29). The Labute approximate surface area is 172 Å². The van der Waals surface area contributed by atoms with Gasteiger partial charge in [-0.3, -0.25) is 9.36 Å². The van der Waals surface area contributed by atoms with Gasteiger partial charge in [-0.15, -0.1) is 0 Å². The molecule has 0 saturated heterocycles. The van der Waals surface area contributed by atoms with Gasteiger partial charge < -0.3 is 15.2 Å². The molecule has 6 nitrogen and oxygen atoms in total. The van der Waals surface area contributed by atoms with E-state index >= 15 is 0 Å². The van der Waals surface area contributed by atoms with Crippen molar-refractivity contribution in [3.05, 3.63) is 57.0 Å². The quantitative estimate of drug-likeness (QED) is 0.429. The van der Waals surface area contributed by atoms with Crippen molar-refractivity contribution in [1.82, 2.24) is 19.4 Å². The minimum absolute atomic E-state index is 0.188. The number of aromatic amines is 1. The highest BCUT2D eigenvalue weighted by molar-refractivity contribution is 7.71. The summed E-state index contributed by atoms with van der Waals surface area (Å²) < 4.78 is 29.9. The Balaban J connectivity index is 2.00. The lowest BCUT2D eigenvalue weighted by Crippen LogP contribution is -2.25. The largest absolute Gasteiger partial charge is 0.356 e. The third-order valence-corrected chi connectivity index (χ3v) is 5.08. The maximum Gasteiger partial charge on any atom is 0.256 e. The van der Waals surface area contributed by atoms with Crippen LogP contribution in [0.5, 0.6) is 0 Å². The van der Waals surface area contributed by atoms with Crippen molar-refractivity contribution in [2.24, 2.45) is 0 Å². The van der Waals surface area contributed by atoms with Gasteiger partial charge in [-0.05, 0) is 44.3 Å². The number of fused-ring (bicyclic) bond motifs is 1. The lowest BCUT2D eigenvalue weighted by molar-refractivity contribution is 0.303. The van der Waals surface area contributed by atoms with Gasteiger partial charge in [0.25, 0.3) is 5.56 Å². The van der Waals surface area contributed by atoms with Crippen molar-refractivity contribution in [1.29, 1.82) is 0 Å². The second-order valence-electron chi connectivity index (χ2n) is 6.54. The van der Waals surface area contributed by atoms with Crippen LogP contribution in [0.15, 0.2) is 35.1 Å². The summed E-state index contributed by atoms with van der Waals surface area (Å²) in [6.07, 6.45) is 0.880. The molecular formula is C20H23F2N5OS. The molecule has 0 spiro atoms. The molecule has 3 aromatic rings. The molecule has 0 aliphatic heterocycles. The van der Waals surface area contributed by atoms with E-state index in [0.717, 1.165) is 42.8 Å². The predicted molar refractivity (Wildman–Crippen MR) is 113 cm³/mol. The molecule has 0 unspecified atom stereocenters. The molecule has 29 heavy (non-hydrogen) atoms. The average Bonchev–Trinajstić information content (AvgIpc) is 2.69. The fraction of sp³-hybridized carbons (Fsp3) is 0.350. The predicted octanol–water partition coefficient (Wildman–Crippen LogP) is 3.87. The van der Waals surface area contributed by atoms with Crippen LogP contribution in [0.2, 0.25) is 0 Å². The van der Waals surface area contributed by atoms with E-state index in [1.54, 1.807) is 0 Å². The molecule has 9 heteroatoms. The van der Waals surface area contributed by atoms with Crippen LogP contribution < -0.4 is 10.9 Å². The number of benzene rings is 1. The van der Waals surface area contributed by atoms with E-state index in [2.05, 4.69) is 34.0 Å². The molecule has 2 heterocycles. The zero-order chi connectivity index (χ0) is 21.0. The number of rotatable bonds is 8. The molecule has 0 radical (unpaired) electrons. The van der Waals surface area contributed by atoms with Crippen LogP contribution in [0.25, 0.3) is 16.7 Å². The smallest absolute Gasteiger partial charge is 0.256 e. The molecule has 2 aromatic heterocycles. The zero-order valence-corrected chi connectivity index (χ0v) is 17.2. The second-order valence-corrected chi connectivity index (χ2v) is 6.92. The first-order chi connectivity index (χ1) is 14.0. The van der Waals surface area contributed by atoms with Gasteiger partial charge in [0.1, 0.15) is 27.6 Å². The van der Waals surface area contributed by atoms with E-state index in [0.29, 0.717) is 17.9 Å². The Hall–Kier alpha value is -2.65. The normalized spacial score (nSPS) is 11.3. The van der Waals surface area contributed by atoms with Gasteiger partial charge in [-0.25, -0.2) is 13.8 Å². The summed E-state index contributed by atoms with van der Waals surface area (Å²) >= 11 is 5.34. The summed E-state index contributed by atoms with van der Waals surface area (Å²) in [6.45, 7) is 7.74. The number of para-hydroxylation sites is 1. The number of H-pyrrole nitrogens is 1. The Morgan fingerprint density at radius 2 is 1.86 bits per heavy atom. The lowest BCUT2D eigenvalue weighted by Gasteiger charge is -2.18. The molecule has 0 aliphatic carbocycles. The maximum atomic E-state index is 14.4. The van der Waals surface area contributed by atoms with Gasteiger partial charge >= 0.3 is 0 Å². The Bertz CT molecular complexity index is 1100. The van der Waals surface area contributed by atoms with Crippen LogP contribution in [-0.2, 0) is 0 Å². The summed E-state index contributed by atoms with van der Waals surface area (Å²) in [7, 11) is 0. The van der Waals surface area contributed by atoms with E-state index in [1.165, 1.54) is 18.2 Å². The van der Waals surface area contributed by atoms with Crippen molar-refractivity contribution >= 4 is 29.2 Å². The van der Waals surface area contributed by atoms with Crippen LogP contribution in [0, 0.1) is 16.3 Å². The van der Waals surface area contributed by atoms with Gasteiger partial charge in [0, 0.05) is 12.6 Å². The number of nitrogens with one attached hydrogen (secondary N) is 2. The molecular weight excluding hydrogens is 396 g/mol. The summed E-state index contributed by atoms with van der Waals surface area (Å²) in [5, 5.41) is 3.57. The molecule has 154 valence electrons. The van der Waals surface area contributed by atoms with E-state index in [-0.39, 0.29) is 10.3 Å². The highest BCUT2D eigenvalue weighted by Gasteiger charge is 2.16. The van der Waals surface area contributed by atoms with E-state index < -0.39 is 22.9 Å². The fourth-order valence-corrected chi connectivity index (χ4v) is 3.45. The SMILES string of the molecule is CCN(CC)CCCNc1nc(=S)c2ccc(=O)n(-c3c(F)cccc3F)c2[nH]1. The van der Waals surface area contributed by atoms with E-state index in [9.17, 15) is 13.6 Å². The Kier molecular flexibility index (Phi) is 6.71. The number of halogens is 2. The molecule has 0 amide bonds. The van der Waals surface area contributed by atoms with Gasteiger partial charge in [0.05, 0.1) is 5.39 Å². The third kappa shape index (κ3) is 4.51. The molecule has 0 bridgehead atoms. The minimum Gasteiger partial charge on any atom is -0.356 e. The number of hydrogen-bond donors (Lipinski definition) is 2. The third-order valence-electron chi connectivity index (χ3n) is 4.77. The molecule has 1 aromatic carbocycles. The van der Waals surface area contributed by atoms with Gasteiger partial charge in [-0.2, -0.15) is 0 Å². The van der Waals surface area contributed by atoms with Crippen molar-refractivity contribution in [2.75, 3.05) is 31.5 Å². The molecule has 2 N–H and O–H groups in total. The number of hydrogen-bond acceptors (Lipinski definition) is 5. The van der Waals surface area contributed by atoms with Gasteiger partial charge in [0.15, 0.2) is 0 Å². The molecule has 0 atom stereocenters. The second kappa shape index (κ2) is 9.23. The van der Waals surface area contributed by atoms with Crippen LogP contribution in [-0.4, -0.2) is 45.6 Å². The maximum absolute atomic E-state index is 14.4. The summed E-state index contributed by atoms with van der Waals surface area (Å²) in [5.41, 5.74) is -0.842. The molecule has 0 saturated carbocycles.